The third kappa shape index (κ3) is 5.32. The van der Waals surface area contributed by atoms with Gasteiger partial charge in [-0.15, -0.1) is 0 Å². The van der Waals surface area contributed by atoms with Crippen LogP contribution in [0.3, 0.4) is 0 Å². The average molecular weight is 415 g/mol. The van der Waals surface area contributed by atoms with Crippen LogP contribution in [0, 0.1) is 18.6 Å². The van der Waals surface area contributed by atoms with E-state index in [0.717, 1.165) is 19.2 Å². The summed E-state index contributed by atoms with van der Waals surface area (Å²) < 4.78 is 64.6. The standard InChI is InChI=1S/C18H19F2NO6S/c1-11-8-13(5-6-16(11)27-7-3-4-17(22)23)28(24,25)21-12-9-14(19)18(26-2)15(20)10-12/h5-6,8-10,21H,3-4,7H2,1-2H3,(H,22,23). The summed E-state index contributed by atoms with van der Waals surface area (Å²) in [7, 11) is -3.00. The lowest BCUT2D eigenvalue weighted by Crippen LogP contribution is -2.14. The molecule has 0 saturated carbocycles. The summed E-state index contributed by atoms with van der Waals surface area (Å²) in [5, 5.41) is 8.59. The number of carboxylic acids is 1. The number of aryl methyl sites for hydroxylation is 1. The molecule has 2 rings (SSSR count). The number of hydrogen-bond donors (Lipinski definition) is 2. The van der Waals surface area contributed by atoms with Gasteiger partial charge < -0.3 is 14.6 Å². The number of rotatable bonds is 9. The molecule has 0 spiro atoms. The van der Waals surface area contributed by atoms with E-state index in [4.69, 9.17) is 9.84 Å². The number of anilines is 1. The maximum atomic E-state index is 13.8. The van der Waals surface area contributed by atoms with Crippen LogP contribution >= 0.6 is 0 Å². The molecule has 0 radical (unpaired) electrons. The maximum Gasteiger partial charge on any atom is 0.303 e. The molecule has 0 amide bonds. The largest absolute Gasteiger partial charge is 0.493 e. The molecule has 0 aliphatic rings. The summed E-state index contributed by atoms with van der Waals surface area (Å²) in [6.45, 7) is 1.79. The van der Waals surface area contributed by atoms with Crippen LogP contribution in [-0.4, -0.2) is 33.2 Å². The first-order valence-electron chi connectivity index (χ1n) is 8.15. The van der Waals surface area contributed by atoms with Crippen LogP contribution in [0.15, 0.2) is 35.2 Å². The van der Waals surface area contributed by atoms with Crippen LogP contribution in [0.5, 0.6) is 11.5 Å². The van der Waals surface area contributed by atoms with Crippen LogP contribution < -0.4 is 14.2 Å². The topological polar surface area (TPSA) is 102 Å². The molecule has 10 heteroatoms. The molecule has 0 atom stereocenters. The van der Waals surface area contributed by atoms with Crippen LogP contribution in [0.4, 0.5) is 14.5 Å². The smallest absolute Gasteiger partial charge is 0.303 e. The Labute approximate surface area is 161 Å². The van der Waals surface area contributed by atoms with Crippen LogP contribution in [0.25, 0.3) is 0 Å². The number of ether oxygens (including phenoxy) is 2. The van der Waals surface area contributed by atoms with Gasteiger partial charge in [-0.1, -0.05) is 0 Å². The predicted octanol–water partition coefficient (Wildman–Crippen LogP) is 3.33. The van der Waals surface area contributed by atoms with Crippen molar-refractivity contribution in [3.05, 3.63) is 47.5 Å². The van der Waals surface area contributed by atoms with Crippen LogP contribution in [-0.2, 0) is 14.8 Å². The monoisotopic (exact) mass is 415 g/mol. The minimum absolute atomic E-state index is 0.0373. The van der Waals surface area contributed by atoms with Crippen molar-refractivity contribution in [2.45, 2.75) is 24.7 Å². The third-order valence-electron chi connectivity index (χ3n) is 3.70. The van der Waals surface area contributed by atoms with Gasteiger partial charge in [0.25, 0.3) is 10.0 Å². The predicted molar refractivity (Wildman–Crippen MR) is 97.3 cm³/mol. The molecule has 0 saturated heterocycles. The molecule has 0 aliphatic carbocycles. The van der Waals surface area contributed by atoms with Crippen molar-refractivity contribution in [2.75, 3.05) is 18.4 Å². The van der Waals surface area contributed by atoms with Gasteiger partial charge in [0.2, 0.25) is 0 Å². The highest BCUT2D eigenvalue weighted by atomic mass is 32.2. The molecule has 152 valence electrons. The number of methoxy groups -OCH3 is 1. The van der Waals surface area contributed by atoms with Gasteiger partial charge in [-0.3, -0.25) is 9.52 Å². The number of hydrogen-bond acceptors (Lipinski definition) is 5. The average Bonchev–Trinajstić information content (AvgIpc) is 2.59. The summed E-state index contributed by atoms with van der Waals surface area (Å²) in [5.41, 5.74) is 0.216. The molecule has 0 aliphatic heterocycles. The summed E-state index contributed by atoms with van der Waals surface area (Å²) in [6, 6.07) is 5.67. The van der Waals surface area contributed by atoms with E-state index in [0.29, 0.717) is 17.7 Å². The van der Waals surface area contributed by atoms with Gasteiger partial charge in [0.05, 0.1) is 24.3 Å². The normalized spacial score (nSPS) is 11.1. The quantitative estimate of drug-likeness (QED) is 0.609. The number of aliphatic carboxylic acids is 1. The molecular formula is C18H19F2NO6S. The van der Waals surface area contributed by atoms with E-state index in [1.54, 1.807) is 6.92 Å². The van der Waals surface area contributed by atoms with Crippen molar-refractivity contribution < 1.29 is 36.6 Å². The number of carbonyl (C=O) groups is 1. The third-order valence-corrected chi connectivity index (χ3v) is 5.08. The van der Waals surface area contributed by atoms with Crippen molar-refractivity contribution in [3.8, 4) is 11.5 Å². The number of nitrogens with one attached hydrogen (secondary N) is 1. The Morgan fingerprint density at radius 2 is 1.82 bits per heavy atom. The van der Waals surface area contributed by atoms with Crippen molar-refractivity contribution in [2.24, 2.45) is 0 Å². The number of benzene rings is 2. The van der Waals surface area contributed by atoms with Crippen LogP contribution in [0.2, 0.25) is 0 Å². The molecule has 28 heavy (non-hydrogen) atoms. The molecule has 0 aromatic heterocycles. The van der Waals surface area contributed by atoms with Gasteiger partial charge in [0, 0.05) is 18.6 Å². The van der Waals surface area contributed by atoms with E-state index in [-0.39, 0.29) is 23.6 Å². The van der Waals surface area contributed by atoms with E-state index in [1.165, 1.54) is 18.2 Å². The van der Waals surface area contributed by atoms with Gasteiger partial charge >= 0.3 is 5.97 Å². The van der Waals surface area contributed by atoms with Gasteiger partial charge in [0.1, 0.15) is 5.75 Å². The van der Waals surface area contributed by atoms with E-state index >= 15 is 0 Å². The second kappa shape index (κ2) is 8.87. The lowest BCUT2D eigenvalue weighted by Gasteiger charge is -2.13. The minimum atomic E-state index is -4.10. The van der Waals surface area contributed by atoms with E-state index in [2.05, 4.69) is 9.46 Å². The molecule has 0 bridgehead atoms. The van der Waals surface area contributed by atoms with Gasteiger partial charge in [-0.2, -0.15) is 0 Å². The minimum Gasteiger partial charge on any atom is -0.493 e. The fourth-order valence-electron chi connectivity index (χ4n) is 2.38. The lowest BCUT2D eigenvalue weighted by atomic mass is 10.2. The number of halogens is 2. The Balaban J connectivity index is 2.15. The molecular weight excluding hydrogens is 396 g/mol. The molecule has 0 heterocycles. The molecule has 2 aromatic carbocycles. The zero-order valence-electron chi connectivity index (χ0n) is 15.2. The highest BCUT2D eigenvalue weighted by Gasteiger charge is 2.19. The molecule has 0 unspecified atom stereocenters. The zero-order chi connectivity index (χ0) is 20.9. The zero-order valence-corrected chi connectivity index (χ0v) is 16.0. The van der Waals surface area contributed by atoms with Gasteiger partial charge in [0.15, 0.2) is 17.4 Å². The molecule has 2 N–H and O–H groups in total. The van der Waals surface area contributed by atoms with Crippen molar-refractivity contribution in [3.63, 3.8) is 0 Å². The lowest BCUT2D eigenvalue weighted by molar-refractivity contribution is -0.137. The van der Waals surface area contributed by atoms with Gasteiger partial charge in [-0.25, -0.2) is 17.2 Å². The molecule has 2 aromatic rings. The first-order valence-corrected chi connectivity index (χ1v) is 9.63. The molecule has 0 fully saturated rings. The maximum absolute atomic E-state index is 13.8. The summed E-state index contributed by atoms with van der Waals surface area (Å²) in [6.07, 6.45) is 0.273. The van der Waals surface area contributed by atoms with E-state index in [1.807, 2.05) is 0 Å². The Morgan fingerprint density at radius 3 is 2.36 bits per heavy atom. The second-order valence-electron chi connectivity index (χ2n) is 5.85. The SMILES string of the molecule is COc1c(F)cc(NS(=O)(=O)c2ccc(OCCCC(=O)O)c(C)c2)cc1F. The highest BCUT2D eigenvalue weighted by Crippen LogP contribution is 2.28. The fourth-order valence-corrected chi connectivity index (χ4v) is 3.51. The number of sulfonamides is 1. The Bertz CT molecular complexity index is 955. The van der Waals surface area contributed by atoms with E-state index in [9.17, 15) is 22.0 Å². The Kier molecular flexibility index (Phi) is 6.79. The Morgan fingerprint density at radius 1 is 1.18 bits per heavy atom. The van der Waals surface area contributed by atoms with Crippen molar-refractivity contribution >= 4 is 21.7 Å². The fraction of sp³-hybridized carbons (Fsp3) is 0.278. The van der Waals surface area contributed by atoms with Crippen molar-refractivity contribution in [1.29, 1.82) is 0 Å². The van der Waals surface area contributed by atoms with Crippen molar-refractivity contribution in [1.82, 2.24) is 0 Å². The molecule has 7 nitrogen and oxygen atoms in total. The number of carboxylic acid groups (broad SMARTS) is 1. The summed E-state index contributed by atoms with van der Waals surface area (Å²) >= 11 is 0. The Hall–Kier alpha value is -2.88. The van der Waals surface area contributed by atoms with Crippen LogP contribution in [0.1, 0.15) is 18.4 Å². The summed E-state index contributed by atoms with van der Waals surface area (Å²) in [4.78, 5) is 10.4. The van der Waals surface area contributed by atoms with Gasteiger partial charge in [-0.05, 0) is 37.1 Å². The second-order valence-corrected chi connectivity index (χ2v) is 7.53. The summed E-state index contributed by atoms with van der Waals surface area (Å²) in [5.74, 6) is -3.21. The first kappa shape index (κ1) is 21.4. The van der Waals surface area contributed by atoms with E-state index < -0.39 is 33.4 Å². The highest BCUT2D eigenvalue weighted by molar-refractivity contribution is 7.92. The first-order chi connectivity index (χ1) is 13.1.